The molecule has 0 aliphatic heterocycles. The molecule has 0 bridgehead atoms. The van der Waals surface area contributed by atoms with Gasteiger partial charge >= 0.3 is 0 Å². The number of furan rings is 1. The number of carbonyl (C=O) groups excluding carboxylic acids is 1. The molecule has 0 aliphatic rings. The molecule has 6 heteroatoms. The fourth-order valence-corrected chi connectivity index (χ4v) is 2.74. The predicted octanol–water partition coefficient (Wildman–Crippen LogP) is 4.49. The van der Waals surface area contributed by atoms with E-state index >= 15 is 0 Å². The SMILES string of the molecule is Cc1ccc(CN(C)C(=O)CCc2ncc(-c3ccccc3Cl)o2)o1. The molecule has 2 aromatic heterocycles. The molecule has 0 aliphatic carbocycles. The summed E-state index contributed by atoms with van der Waals surface area (Å²) in [6, 6.07) is 11.2. The largest absolute Gasteiger partial charge is 0.464 e. The molecule has 2 heterocycles. The van der Waals surface area contributed by atoms with Crippen molar-refractivity contribution in [3.8, 4) is 11.3 Å². The van der Waals surface area contributed by atoms with Crippen LogP contribution in [0.25, 0.3) is 11.3 Å². The molecule has 1 aromatic carbocycles. The third-order valence-corrected chi connectivity index (χ3v) is 4.19. The summed E-state index contributed by atoms with van der Waals surface area (Å²) in [5, 5.41) is 0.606. The molecule has 5 nitrogen and oxygen atoms in total. The number of nitrogens with zero attached hydrogens (tertiary/aromatic N) is 2. The molecule has 3 aromatic rings. The summed E-state index contributed by atoms with van der Waals surface area (Å²) in [6.45, 7) is 2.33. The molecule has 0 radical (unpaired) electrons. The van der Waals surface area contributed by atoms with Gasteiger partial charge in [-0.3, -0.25) is 4.79 Å². The van der Waals surface area contributed by atoms with E-state index in [1.165, 1.54) is 0 Å². The average Bonchev–Trinajstić information content (AvgIpc) is 3.22. The standard InChI is InChI=1S/C19H19ClN2O3/c1-13-7-8-14(24-13)12-22(2)19(23)10-9-18-21-11-17(25-18)15-5-3-4-6-16(15)20/h3-8,11H,9-10,12H2,1-2H3. The Kier molecular flexibility index (Phi) is 5.24. The quantitative estimate of drug-likeness (QED) is 0.651. The van der Waals surface area contributed by atoms with E-state index in [-0.39, 0.29) is 5.91 Å². The van der Waals surface area contributed by atoms with Gasteiger partial charge in [0.05, 0.1) is 17.8 Å². The lowest BCUT2D eigenvalue weighted by molar-refractivity contribution is -0.130. The second-order valence-electron chi connectivity index (χ2n) is 5.86. The Bertz CT molecular complexity index is 869. The molecule has 0 saturated carbocycles. The molecule has 130 valence electrons. The third kappa shape index (κ3) is 4.31. The lowest BCUT2D eigenvalue weighted by Crippen LogP contribution is -2.26. The molecule has 0 unspecified atom stereocenters. The van der Waals surface area contributed by atoms with E-state index in [1.807, 2.05) is 37.3 Å². The van der Waals surface area contributed by atoms with Crippen LogP contribution in [0.1, 0.15) is 23.8 Å². The summed E-state index contributed by atoms with van der Waals surface area (Å²) in [7, 11) is 1.75. The lowest BCUT2D eigenvalue weighted by Gasteiger charge is -2.15. The maximum Gasteiger partial charge on any atom is 0.223 e. The molecule has 3 rings (SSSR count). The van der Waals surface area contributed by atoms with E-state index in [9.17, 15) is 4.79 Å². The first kappa shape index (κ1) is 17.3. The second-order valence-corrected chi connectivity index (χ2v) is 6.27. The third-order valence-electron chi connectivity index (χ3n) is 3.86. The van der Waals surface area contributed by atoms with Crippen LogP contribution in [0.5, 0.6) is 0 Å². The van der Waals surface area contributed by atoms with Crippen molar-refractivity contribution in [3.63, 3.8) is 0 Å². The lowest BCUT2D eigenvalue weighted by atomic mass is 10.2. The summed E-state index contributed by atoms with van der Waals surface area (Å²) in [5.74, 6) is 2.73. The minimum Gasteiger partial charge on any atom is -0.464 e. The minimum atomic E-state index is 0.00606. The Hall–Kier alpha value is -2.53. The van der Waals surface area contributed by atoms with Gasteiger partial charge in [-0.15, -0.1) is 0 Å². The van der Waals surface area contributed by atoms with Gasteiger partial charge in [-0.1, -0.05) is 23.7 Å². The first-order chi connectivity index (χ1) is 12.0. The molecule has 0 N–H and O–H groups in total. The monoisotopic (exact) mass is 358 g/mol. The van der Waals surface area contributed by atoms with Crippen LogP contribution in [0.4, 0.5) is 0 Å². The van der Waals surface area contributed by atoms with Gasteiger partial charge in [0.25, 0.3) is 0 Å². The number of amides is 1. The van der Waals surface area contributed by atoms with Crippen molar-refractivity contribution < 1.29 is 13.6 Å². The van der Waals surface area contributed by atoms with Crippen molar-refractivity contribution in [3.05, 3.63) is 65.0 Å². The normalized spacial score (nSPS) is 10.8. The van der Waals surface area contributed by atoms with Gasteiger partial charge in [0.15, 0.2) is 11.7 Å². The Morgan fingerprint density at radius 2 is 2.00 bits per heavy atom. The molecule has 0 saturated heterocycles. The Balaban J connectivity index is 1.56. The van der Waals surface area contributed by atoms with Crippen molar-refractivity contribution in [2.75, 3.05) is 7.05 Å². The summed E-state index contributed by atoms with van der Waals surface area (Å²) in [4.78, 5) is 18.1. The van der Waals surface area contributed by atoms with Crippen LogP contribution in [0, 0.1) is 6.92 Å². The van der Waals surface area contributed by atoms with Crippen molar-refractivity contribution in [2.45, 2.75) is 26.3 Å². The highest BCUT2D eigenvalue weighted by molar-refractivity contribution is 6.33. The number of halogens is 1. The van der Waals surface area contributed by atoms with E-state index in [0.29, 0.717) is 36.1 Å². The molecule has 0 atom stereocenters. The first-order valence-corrected chi connectivity index (χ1v) is 8.39. The number of hydrogen-bond donors (Lipinski definition) is 0. The number of aryl methyl sites for hydroxylation is 2. The Morgan fingerprint density at radius 1 is 1.20 bits per heavy atom. The maximum atomic E-state index is 12.3. The first-order valence-electron chi connectivity index (χ1n) is 8.02. The van der Waals surface area contributed by atoms with E-state index in [1.54, 1.807) is 24.2 Å². The summed E-state index contributed by atoms with van der Waals surface area (Å²) < 4.78 is 11.2. The predicted molar refractivity (Wildman–Crippen MR) is 95.2 cm³/mol. The van der Waals surface area contributed by atoms with Crippen LogP contribution in [0.15, 0.2) is 51.4 Å². The highest BCUT2D eigenvalue weighted by Crippen LogP contribution is 2.28. The zero-order valence-electron chi connectivity index (χ0n) is 14.2. The second kappa shape index (κ2) is 7.57. The van der Waals surface area contributed by atoms with Gasteiger partial charge in [-0.25, -0.2) is 4.98 Å². The Morgan fingerprint density at radius 3 is 2.72 bits per heavy atom. The van der Waals surface area contributed by atoms with E-state index < -0.39 is 0 Å². The number of oxazole rings is 1. The van der Waals surface area contributed by atoms with Gasteiger partial charge in [0.1, 0.15) is 11.5 Å². The van der Waals surface area contributed by atoms with E-state index in [4.69, 9.17) is 20.4 Å². The van der Waals surface area contributed by atoms with Crippen molar-refractivity contribution >= 4 is 17.5 Å². The van der Waals surface area contributed by atoms with Gasteiger partial charge < -0.3 is 13.7 Å². The number of carbonyl (C=O) groups is 1. The van der Waals surface area contributed by atoms with Gasteiger partial charge in [0, 0.05) is 25.5 Å². The number of benzene rings is 1. The highest BCUT2D eigenvalue weighted by Gasteiger charge is 2.14. The zero-order chi connectivity index (χ0) is 17.8. The number of aromatic nitrogens is 1. The van der Waals surface area contributed by atoms with Crippen LogP contribution >= 0.6 is 11.6 Å². The topological polar surface area (TPSA) is 59.5 Å². The van der Waals surface area contributed by atoms with Crippen LogP contribution in [0.3, 0.4) is 0 Å². The van der Waals surface area contributed by atoms with Crippen LogP contribution in [0.2, 0.25) is 5.02 Å². The maximum absolute atomic E-state index is 12.3. The van der Waals surface area contributed by atoms with Crippen LogP contribution in [-0.2, 0) is 17.8 Å². The van der Waals surface area contributed by atoms with E-state index in [0.717, 1.165) is 17.1 Å². The summed E-state index contributed by atoms with van der Waals surface area (Å²) in [6.07, 6.45) is 2.39. The van der Waals surface area contributed by atoms with E-state index in [2.05, 4.69) is 4.98 Å². The van der Waals surface area contributed by atoms with Gasteiger partial charge in [-0.2, -0.15) is 0 Å². The van der Waals surface area contributed by atoms with Gasteiger partial charge in [0.2, 0.25) is 5.91 Å². The fraction of sp³-hybridized carbons (Fsp3) is 0.263. The van der Waals surface area contributed by atoms with Gasteiger partial charge in [-0.05, 0) is 31.2 Å². The molecular weight excluding hydrogens is 340 g/mol. The van der Waals surface area contributed by atoms with Crippen LogP contribution in [-0.4, -0.2) is 22.8 Å². The fourth-order valence-electron chi connectivity index (χ4n) is 2.51. The minimum absolute atomic E-state index is 0.00606. The average molecular weight is 359 g/mol. The molecule has 25 heavy (non-hydrogen) atoms. The summed E-state index contributed by atoms with van der Waals surface area (Å²) in [5.41, 5.74) is 0.791. The van der Waals surface area contributed by atoms with Crippen molar-refractivity contribution in [1.29, 1.82) is 0 Å². The summed E-state index contributed by atoms with van der Waals surface area (Å²) >= 11 is 6.16. The highest BCUT2D eigenvalue weighted by atomic mass is 35.5. The zero-order valence-corrected chi connectivity index (χ0v) is 14.9. The number of hydrogen-bond acceptors (Lipinski definition) is 4. The molecular formula is C19H19ClN2O3. The molecule has 0 fully saturated rings. The smallest absolute Gasteiger partial charge is 0.223 e. The molecule has 1 amide bonds. The van der Waals surface area contributed by atoms with Crippen LogP contribution < -0.4 is 0 Å². The van der Waals surface area contributed by atoms with Crippen molar-refractivity contribution in [2.24, 2.45) is 0 Å². The molecule has 0 spiro atoms. The number of rotatable bonds is 6. The van der Waals surface area contributed by atoms with Crippen molar-refractivity contribution in [1.82, 2.24) is 9.88 Å². The Labute approximate surface area is 151 Å².